The average Bonchev–Trinajstić information content (AvgIpc) is 3.46. The Hall–Kier alpha value is -3.29. The monoisotopic (exact) mass is 434 g/mol. The SMILES string of the molecule is CN(C)c1nc(N2CCC(n3c(=O)[nH]c4ccccc43)CC2)ccc1C(=O)N1CCCC1. The van der Waals surface area contributed by atoms with Crippen molar-refractivity contribution >= 4 is 28.6 Å². The van der Waals surface area contributed by atoms with E-state index in [1.807, 2.05) is 64.9 Å². The molecule has 2 fully saturated rings. The highest BCUT2D eigenvalue weighted by Gasteiger charge is 2.27. The number of carbonyl (C=O) groups excluding carboxylic acids is 1. The fourth-order valence-electron chi connectivity index (χ4n) is 5.00. The number of rotatable bonds is 4. The predicted octanol–water partition coefficient (Wildman–Crippen LogP) is 2.87. The maximum atomic E-state index is 13.0. The Balaban J connectivity index is 1.35. The van der Waals surface area contributed by atoms with E-state index in [4.69, 9.17) is 4.98 Å². The first-order valence-corrected chi connectivity index (χ1v) is 11.4. The zero-order valence-electron chi connectivity index (χ0n) is 18.8. The van der Waals surface area contributed by atoms with Crippen LogP contribution in [0.3, 0.4) is 0 Å². The van der Waals surface area contributed by atoms with Crippen molar-refractivity contribution in [2.75, 3.05) is 50.1 Å². The van der Waals surface area contributed by atoms with Gasteiger partial charge in [0.1, 0.15) is 11.6 Å². The van der Waals surface area contributed by atoms with Gasteiger partial charge in [0.05, 0.1) is 16.6 Å². The summed E-state index contributed by atoms with van der Waals surface area (Å²) in [6, 6.07) is 11.9. The largest absolute Gasteiger partial charge is 0.362 e. The molecule has 4 heterocycles. The number of aromatic amines is 1. The van der Waals surface area contributed by atoms with E-state index in [2.05, 4.69) is 9.88 Å². The van der Waals surface area contributed by atoms with Gasteiger partial charge in [-0.15, -0.1) is 0 Å². The first-order valence-electron chi connectivity index (χ1n) is 11.4. The van der Waals surface area contributed by atoms with Crippen LogP contribution in [-0.2, 0) is 0 Å². The highest BCUT2D eigenvalue weighted by molar-refractivity contribution is 5.99. The van der Waals surface area contributed by atoms with Crippen LogP contribution in [0.25, 0.3) is 11.0 Å². The summed E-state index contributed by atoms with van der Waals surface area (Å²) >= 11 is 0. The maximum Gasteiger partial charge on any atom is 0.326 e. The van der Waals surface area contributed by atoms with Crippen LogP contribution in [0.4, 0.5) is 11.6 Å². The number of hydrogen-bond donors (Lipinski definition) is 1. The Morgan fingerprint density at radius 2 is 1.75 bits per heavy atom. The Bertz CT molecular complexity index is 1180. The lowest BCUT2D eigenvalue weighted by molar-refractivity contribution is 0.0793. The minimum atomic E-state index is -0.0394. The van der Waals surface area contributed by atoms with Gasteiger partial charge < -0.3 is 19.7 Å². The topological polar surface area (TPSA) is 77.5 Å². The third kappa shape index (κ3) is 3.63. The summed E-state index contributed by atoms with van der Waals surface area (Å²) in [5, 5.41) is 0. The number of nitrogens with one attached hydrogen (secondary N) is 1. The predicted molar refractivity (Wildman–Crippen MR) is 127 cm³/mol. The van der Waals surface area contributed by atoms with E-state index in [9.17, 15) is 9.59 Å². The molecule has 2 aliphatic rings. The van der Waals surface area contributed by atoms with Crippen LogP contribution in [-0.4, -0.2) is 65.6 Å². The van der Waals surface area contributed by atoms with Gasteiger partial charge in [-0.2, -0.15) is 0 Å². The number of hydrogen-bond acceptors (Lipinski definition) is 5. The normalized spacial score (nSPS) is 17.3. The van der Waals surface area contributed by atoms with Crippen LogP contribution in [0, 0.1) is 0 Å². The van der Waals surface area contributed by atoms with Crippen LogP contribution < -0.4 is 15.5 Å². The van der Waals surface area contributed by atoms with Crippen LogP contribution in [0.1, 0.15) is 42.1 Å². The summed E-state index contributed by atoms with van der Waals surface area (Å²) in [5.74, 6) is 1.67. The number of benzene rings is 1. The van der Waals surface area contributed by atoms with Gasteiger partial charge in [-0.05, 0) is 49.9 Å². The van der Waals surface area contributed by atoms with Gasteiger partial charge in [0.2, 0.25) is 0 Å². The second kappa shape index (κ2) is 8.33. The first kappa shape index (κ1) is 20.6. The lowest BCUT2D eigenvalue weighted by Crippen LogP contribution is -2.37. The van der Waals surface area contributed by atoms with Gasteiger partial charge in [0.25, 0.3) is 5.91 Å². The molecule has 2 saturated heterocycles. The second-order valence-electron chi connectivity index (χ2n) is 8.97. The summed E-state index contributed by atoms with van der Waals surface area (Å²) in [6.07, 6.45) is 3.89. The molecule has 1 amide bonds. The van der Waals surface area contributed by atoms with Crippen LogP contribution >= 0.6 is 0 Å². The number of para-hydroxylation sites is 2. The Morgan fingerprint density at radius 3 is 2.47 bits per heavy atom. The van der Waals surface area contributed by atoms with Crippen molar-refractivity contribution in [2.24, 2.45) is 0 Å². The Kier molecular flexibility index (Phi) is 5.36. The molecule has 32 heavy (non-hydrogen) atoms. The number of piperidine rings is 1. The van der Waals surface area contributed by atoms with Crippen molar-refractivity contribution in [3.05, 3.63) is 52.4 Å². The van der Waals surface area contributed by atoms with Crippen molar-refractivity contribution in [1.82, 2.24) is 19.4 Å². The number of nitrogens with zero attached hydrogens (tertiary/aromatic N) is 5. The molecule has 0 bridgehead atoms. The van der Waals surface area contributed by atoms with Gasteiger partial charge >= 0.3 is 5.69 Å². The summed E-state index contributed by atoms with van der Waals surface area (Å²) in [5.41, 5.74) is 2.48. The molecule has 1 N–H and O–H groups in total. The minimum Gasteiger partial charge on any atom is -0.362 e. The lowest BCUT2D eigenvalue weighted by Gasteiger charge is -2.34. The molecule has 5 rings (SSSR count). The minimum absolute atomic E-state index is 0.0394. The standard InChI is InChI=1S/C24H30N6O2/c1-27(2)22-18(23(31)29-13-5-6-14-29)9-10-21(26-22)28-15-11-17(12-16-28)30-20-8-4-3-7-19(20)25-24(30)32/h3-4,7-10,17H,5-6,11-16H2,1-2H3,(H,25,32). The van der Waals surface area contributed by atoms with Gasteiger partial charge in [-0.25, -0.2) is 9.78 Å². The van der Waals surface area contributed by atoms with Crippen molar-refractivity contribution in [2.45, 2.75) is 31.7 Å². The second-order valence-corrected chi connectivity index (χ2v) is 8.97. The molecule has 0 spiro atoms. The van der Waals surface area contributed by atoms with Gasteiger partial charge in [-0.3, -0.25) is 9.36 Å². The molecule has 0 saturated carbocycles. The number of fused-ring (bicyclic) bond motifs is 1. The van der Waals surface area contributed by atoms with Crippen molar-refractivity contribution in [1.29, 1.82) is 0 Å². The molecule has 168 valence electrons. The van der Waals surface area contributed by atoms with Crippen LogP contribution in [0.2, 0.25) is 0 Å². The number of imidazole rings is 1. The summed E-state index contributed by atoms with van der Waals surface area (Å²) < 4.78 is 1.91. The first-order chi connectivity index (χ1) is 15.5. The fraction of sp³-hybridized carbons (Fsp3) is 0.458. The third-order valence-electron chi connectivity index (χ3n) is 6.69. The number of likely N-dealkylation sites (tertiary alicyclic amines) is 1. The zero-order valence-corrected chi connectivity index (χ0v) is 18.8. The summed E-state index contributed by atoms with van der Waals surface area (Å²) in [7, 11) is 3.87. The molecule has 0 radical (unpaired) electrons. The molecule has 0 atom stereocenters. The van der Waals surface area contributed by atoms with Crippen molar-refractivity contribution in [3.63, 3.8) is 0 Å². The number of aromatic nitrogens is 3. The van der Waals surface area contributed by atoms with Gasteiger partial charge in [0.15, 0.2) is 0 Å². The Labute approximate surface area is 187 Å². The fourth-order valence-corrected chi connectivity index (χ4v) is 5.00. The number of H-pyrrole nitrogens is 1. The number of anilines is 2. The van der Waals surface area contributed by atoms with E-state index in [1.54, 1.807) is 0 Å². The number of carbonyl (C=O) groups is 1. The number of pyridine rings is 1. The molecule has 0 aliphatic carbocycles. The molecule has 2 aromatic heterocycles. The van der Waals surface area contributed by atoms with E-state index in [0.29, 0.717) is 5.56 Å². The third-order valence-corrected chi connectivity index (χ3v) is 6.69. The van der Waals surface area contributed by atoms with Crippen molar-refractivity contribution in [3.8, 4) is 0 Å². The van der Waals surface area contributed by atoms with E-state index in [0.717, 1.165) is 74.5 Å². The quantitative estimate of drug-likeness (QED) is 0.683. The molecular weight excluding hydrogens is 404 g/mol. The van der Waals surface area contributed by atoms with Crippen molar-refractivity contribution < 1.29 is 4.79 Å². The average molecular weight is 435 g/mol. The van der Waals surface area contributed by atoms with E-state index in [1.165, 1.54) is 0 Å². The smallest absolute Gasteiger partial charge is 0.326 e. The molecule has 3 aromatic rings. The molecule has 0 unspecified atom stereocenters. The highest BCUT2D eigenvalue weighted by Crippen LogP contribution is 2.29. The maximum absolute atomic E-state index is 13.0. The van der Waals surface area contributed by atoms with Crippen LogP contribution in [0.15, 0.2) is 41.2 Å². The van der Waals surface area contributed by atoms with E-state index in [-0.39, 0.29) is 17.6 Å². The molecule has 8 nitrogen and oxygen atoms in total. The Morgan fingerprint density at radius 1 is 1.03 bits per heavy atom. The van der Waals surface area contributed by atoms with E-state index < -0.39 is 0 Å². The molecule has 2 aliphatic heterocycles. The summed E-state index contributed by atoms with van der Waals surface area (Å²) in [4.78, 5) is 39.5. The molecular formula is C24H30N6O2. The zero-order chi connectivity index (χ0) is 22.2. The molecule has 8 heteroatoms. The number of amides is 1. The van der Waals surface area contributed by atoms with E-state index >= 15 is 0 Å². The summed E-state index contributed by atoms with van der Waals surface area (Å²) in [6.45, 7) is 3.29. The van der Waals surface area contributed by atoms with Crippen LogP contribution in [0.5, 0.6) is 0 Å². The highest BCUT2D eigenvalue weighted by atomic mass is 16.2. The van der Waals surface area contributed by atoms with Gasteiger partial charge in [-0.1, -0.05) is 12.1 Å². The lowest BCUT2D eigenvalue weighted by atomic mass is 10.0. The van der Waals surface area contributed by atoms with Gasteiger partial charge in [0, 0.05) is 46.3 Å². The molecule has 1 aromatic carbocycles.